The molecule has 0 spiro atoms. The molecule has 0 saturated carbocycles. The molecule has 3 fully saturated rings. The normalized spacial score (nSPS) is 60.8. The SMILES string of the molecule is [2H]c1c([2H])c2c3c(c1[2H])C([2H])([2H])CC[C@@H]3CN([C@]1([2H])C([2H])([2H])N3CC[C@]1([2H])C([2H])([2H])C3([2H])[2H])C2=O. The first kappa shape index (κ1) is 5.62. The Kier molecular flexibility index (Phi) is 1.23. The maximum absolute atomic E-state index is 13.9. The van der Waals surface area contributed by atoms with Crippen LogP contribution in [0.1, 0.15) is 70.9 Å². The van der Waals surface area contributed by atoms with E-state index in [0.29, 0.717) is 9.80 Å². The van der Waals surface area contributed by atoms with Crippen LogP contribution in [0, 0.1) is 5.89 Å². The van der Waals surface area contributed by atoms with Gasteiger partial charge in [0.25, 0.3) is 5.91 Å². The third-order valence-electron chi connectivity index (χ3n) is 4.70. The molecule has 0 radical (unpaired) electrons. The number of rotatable bonds is 1. The molecule has 3 saturated heterocycles. The monoisotopic (exact) mass is 309 g/mol. The van der Waals surface area contributed by atoms with E-state index in [2.05, 4.69) is 0 Å². The maximum atomic E-state index is 13.9. The predicted octanol–water partition coefficient (Wildman–Crippen LogP) is 2.66. The number of benzene rings is 1. The first-order valence-corrected chi connectivity index (χ1v) is 7.54. The fourth-order valence-corrected chi connectivity index (χ4v) is 3.62. The molecule has 0 N–H and O–H groups in total. The number of amides is 1. The quantitative estimate of drug-likeness (QED) is 0.796. The van der Waals surface area contributed by atoms with Gasteiger partial charge in [-0.15, -0.1) is 0 Å². The minimum atomic E-state index is -3.04. The Morgan fingerprint density at radius 1 is 1.36 bits per heavy atom. The van der Waals surface area contributed by atoms with E-state index in [0.717, 1.165) is 0 Å². The van der Waals surface area contributed by atoms with E-state index in [9.17, 15) is 6.17 Å². The second-order valence-corrected chi connectivity index (χ2v) is 5.94. The summed E-state index contributed by atoms with van der Waals surface area (Å²) in [5, 5.41) is 0. The molecular weight excluding hydrogens is 272 g/mol. The van der Waals surface area contributed by atoms with Crippen molar-refractivity contribution in [2.24, 2.45) is 5.89 Å². The van der Waals surface area contributed by atoms with E-state index in [1.807, 2.05) is 0 Å². The number of fused-ring (bicyclic) bond motifs is 3. The fraction of sp³-hybridized carbons (Fsp3) is 0.632. The molecule has 1 amide bonds. The zero-order chi connectivity index (χ0) is 26.3. The molecule has 2 bridgehead atoms. The largest absolute Gasteiger partial charge is 0.333 e. The zero-order valence-corrected chi connectivity index (χ0v) is 11.9. The summed E-state index contributed by atoms with van der Waals surface area (Å²) >= 11 is 0. The van der Waals surface area contributed by atoms with Crippen molar-refractivity contribution in [1.29, 1.82) is 0 Å². The lowest BCUT2D eigenvalue weighted by Crippen LogP contribution is -2.60. The first-order valence-electron chi connectivity index (χ1n) is 14.0. The van der Waals surface area contributed by atoms with Gasteiger partial charge in [-0.25, -0.2) is 0 Å². The summed E-state index contributed by atoms with van der Waals surface area (Å²) in [6.45, 7) is -6.62. The van der Waals surface area contributed by atoms with Gasteiger partial charge in [0, 0.05) is 42.9 Å². The summed E-state index contributed by atoms with van der Waals surface area (Å²) < 4.78 is 111. The van der Waals surface area contributed by atoms with Gasteiger partial charge in [0.05, 0.1) is 5.48 Å². The number of hydrogen-bond acceptors (Lipinski definition) is 2. The molecule has 3 heteroatoms. The molecule has 1 unspecified atom stereocenters. The summed E-state index contributed by atoms with van der Waals surface area (Å²) in [6.07, 6.45) is -5.43. The van der Waals surface area contributed by atoms with E-state index in [1.165, 1.54) is 0 Å². The van der Waals surface area contributed by atoms with Gasteiger partial charge in [0.1, 0.15) is 0 Å². The van der Waals surface area contributed by atoms with Crippen molar-refractivity contribution < 1.29 is 22.6 Å². The predicted molar refractivity (Wildman–Crippen MR) is 86.1 cm³/mol. The van der Waals surface area contributed by atoms with E-state index in [-0.39, 0.29) is 37.1 Å². The van der Waals surface area contributed by atoms with Crippen LogP contribution in [-0.4, -0.2) is 47.8 Å². The van der Waals surface area contributed by atoms with Gasteiger partial charge >= 0.3 is 0 Å². The lowest BCUT2D eigenvalue weighted by atomic mass is 9.75. The number of carbonyl (C=O) groups excluding carboxylic acids is 1. The molecule has 22 heavy (non-hydrogen) atoms. The van der Waals surface area contributed by atoms with Crippen molar-refractivity contribution in [3.63, 3.8) is 0 Å². The molecule has 3 nitrogen and oxygen atoms in total. The second kappa shape index (κ2) is 4.82. The Morgan fingerprint density at radius 3 is 3.27 bits per heavy atom. The highest BCUT2D eigenvalue weighted by Crippen LogP contribution is 2.41. The van der Waals surface area contributed by atoms with Crippen LogP contribution in [0.5, 0.6) is 0 Å². The molecule has 6 rings (SSSR count). The van der Waals surface area contributed by atoms with Crippen molar-refractivity contribution in [2.75, 3.05) is 26.1 Å². The molecule has 4 aliphatic heterocycles. The van der Waals surface area contributed by atoms with Crippen molar-refractivity contribution >= 4 is 5.91 Å². The fourth-order valence-electron chi connectivity index (χ4n) is 3.62. The Labute approximate surface area is 150 Å². The highest BCUT2D eigenvalue weighted by molar-refractivity contribution is 5.97. The Hall–Kier alpha value is -1.35. The van der Waals surface area contributed by atoms with Gasteiger partial charge in [-0.05, 0) is 68.1 Å². The zero-order valence-electron chi connectivity index (χ0n) is 24.9. The van der Waals surface area contributed by atoms with Gasteiger partial charge in [-0.2, -0.15) is 0 Å². The van der Waals surface area contributed by atoms with Crippen molar-refractivity contribution in [2.45, 2.75) is 43.9 Å². The van der Waals surface area contributed by atoms with Crippen LogP contribution in [0.2, 0.25) is 0 Å². The molecule has 4 atom stereocenters. The minimum Gasteiger partial charge on any atom is -0.333 e. The molecule has 0 aromatic heterocycles. The minimum absolute atomic E-state index is 0.0752. The second-order valence-electron chi connectivity index (χ2n) is 5.94. The van der Waals surface area contributed by atoms with Crippen LogP contribution in [0.15, 0.2) is 18.1 Å². The smallest absolute Gasteiger partial charge is 0.254 e. The summed E-state index contributed by atoms with van der Waals surface area (Å²) in [6, 6.07) is -4.76. The number of hydrogen-bond donors (Lipinski definition) is 0. The summed E-state index contributed by atoms with van der Waals surface area (Å²) in [4.78, 5) is 15.1. The molecule has 1 aromatic rings. The van der Waals surface area contributed by atoms with Gasteiger partial charge < -0.3 is 9.80 Å². The van der Waals surface area contributed by atoms with Crippen LogP contribution in [0.25, 0.3) is 0 Å². The van der Waals surface area contributed by atoms with Gasteiger partial charge in [0.15, 0.2) is 0 Å². The average molecular weight is 309 g/mol. The average Bonchev–Trinajstić information content (AvgIpc) is 2.73. The lowest BCUT2D eigenvalue weighted by Gasteiger charge is -2.51. The van der Waals surface area contributed by atoms with E-state index < -0.39 is 79.6 Å². The molecule has 4 heterocycles. The summed E-state index contributed by atoms with van der Waals surface area (Å²) in [7, 11) is 0. The third kappa shape index (κ3) is 1.81. The first-order chi connectivity index (χ1) is 15.8. The highest BCUT2D eigenvalue weighted by Gasteiger charge is 2.43. The molecule has 1 aliphatic carbocycles. The topological polar surface area (TPSA) is 23.6 Å². The van der Waals surface area contributed by atoms with Crippen LogP contribution < -0.4 is 0 Å². The van der Waals surface area contributed by atoms with Crippen LogP contribution in [0.4, 0.5) is 0 Å². The van der Waals surface area contributed by atoms with Gasteiger partial charge in [-0.1, -0.05) is 12.1 Å². The Morgan fingerprint density at radius 2 is 2.32 bits per heavy atom. The lowest BCUT2D eigenvalue weighted by molar-refractivity contribution is 0.00258. The van der Waals surface area contributed by atoms with Crippen LogP contribution in [-0.2, 0) is 6.37 Å². The van der Waals surface area contributed by atoms with Crippen molar-refractivity contribution in [1.82, 2.24) is 9.80 Å². The standard InChI is InChI=1S/C19H24N2O/c22-19-16-6-2-4-14-3-1-5-15(18(14)16)11-21(19)17-12-20-9-7-13(17)8-10-20/h2,4,6,13,15,17H,1,3,5,7-12H2/t15-,17-/m1/s1/i2D,3D2,4D,6D,7D2,9D2,12D2,13D,17D/t13-,15+,17+/m0. The number of carbonyl (C=O) groups is 1. The highest BCUT2D eigenvalue weighted by atomic mass is 16.2. The van der Waals surface area contributed by atoms with E-state index >= 15 is 0 Å². The van der Waals surface area contributed by atoms with Crippen LogP contribution in [0.3, 0.4) is 0 Å². The maximum Gasteiger partial charge on any atom is 0.254 e. The Bertz CT molecular complexity index is 1170. The summed E-state index contributed by atoms with van der Waals surface area (Å²) in [5.41, 5.74) is -0.496. The number of piperidine rings is 3. The molecule has 116 valence electrons. The molecule has 1 aromatic carbocycles. The van der Waals surface area contributed by atoms with Crippen LogP contribution >= 0.6 is 0 Å². The van der Waals surface area contributed by atoms with E-state index in [4.69, 9.17) is 16.4 Å². The van der Waals surface area contributed by atoms with Crippen molar-refractivity contribution in [3.05, 3.63) is 34.8 Å². The van der Waals surface area contributed by atoms with E-state index in [1.54, 1.807) is 0 Å². The third-order valence-corrected chi connectivity index (χ3v) is 4.70. The van der Waals surface area contributed by atoms with Gasteiger partial charge in [-0.3, -0.25) is 4.79 Å². The summed E-state index contributed by atoms with van der Waals surface area (Å²) in [5.74, 6) is -4.54. The Balaban J connectivity index is 1.77. The molecule has 5 aliphatic rings. The van der Waals surface area contributed by atoms with Crippen molar-refractivity contribution in [3.8, 4) is 0 Å². The van der Waals surface area contributed by atoms with Gasteiger partial charge in [0.2, 0.25) is 0 Å². The molecular formula is C19H24N2O. The number of nitrogens with zero attached hydrogens (tertiary/aromatic N) is 2.